The summed E-state index contributed by atoms with van der Waals surface area (Å²) in [5.41, 5.74) is 0.168. The zero-order valence-electron chi connectivity index (χ0n) is 13.8. The molecule has 5 heteroatoms. The van der Waals surface area contributed by atoms with Crippen LogP contribution in [0.25, 0.3) is 0 Å². The summed E-state index contributed by atoms with van der Waals surface area (Å²) in [7, 11) is 1.86. The molecule has 0 aromatic rings. The molecule has 1 heterocycles. The summed E-state index contributed by atoms with van der Waals surface area (Å²) in [4.78, 5) is 6.72. The van der Waals surface area contributed by atoms with Crippen LogP contribution in [-0.4, -0.2) is 62.8 Å². The van der Waals surface area contributed by atoms with Crippen molar-refractivity contribution in [1.82, 2.24) is 15.5 Å². The van der Waals surface area contributed by atoms with E-state index in [2.05, 4.69) is 48.2 Å². The summed E-state index contributed by atoms with van der Waals surface area (Å²) in [5.74, 6) is 1.65. The summed E-state index contributed by atoms with van der Waals surface area (Å²) in [5, 5.41) is 6.91. The van der Waals surface area contributed by atoms with Gasteiger partial charge in [0.2, 0.25) is 0 Å². The molecular weight excluding hydrogens is 252 g/mol. The van der Waals surface area contributed by atoms with Gasteiger partial charge in [-0.05, 0) is 34.1 Å². The van der Waals surface area contributed by atoms with E-state index in [9.17, 15) is 0 Å². The van der Waals surface area contributed by atoms with Crippen LogP contribution in [0.15, 0.2) is 4.99 Å². The van der Waals surface area contributed by atoms with Gasteiger partial charge >= 0.3 is 0 Å². The van der Waals surface area contributed by atoms with Crippen molar-refractivity contribution in [3.05, 3.63) is 0 Å². The third-order valence-electron chi connectivity index (χ3n) is 3.42. The number of guanidine groups is 1. The average Bonchev–Trinajstić information content (AvgIpc) is 2.84. The van der Waals surface area contributed by atoms with Gasteiger partial charge in [-0.25, -0.2) is 0 Å². The summed E-state index contributed by atoms with van der Waals surface area (Å²) in [6, 6.07) is 0. The standard InChI is InChI=1S/C15H32N4O/c1-6-20-12-13-7-10-19(11-13)14(16-5)17-8-9-18-15(2,3)4/h13,18H,6-12H2,1-5H3,(H,16,17). The maximum Gasteiger partial charge on any atom is 0.193 e. The molecule has 0 amide bonds. The fourth-order valence-electron chi connectivity index (χ4n) is 2.39. The van der Waals surface area contributed by atoms with Crippen LogP contribution in [0.3, 0.4) is 0 Å². The van der Waals surface area contributed by atoms with Crippen LogP contribution < -0.4 is 10.6 Å². The van der Waals surface area contributed by atoms with Gasteiger partial charge in [-0.3, -0.25) is 4.99 Å². The first-order chi connectivity index (χ1) is 9.46. The summed E-state index contributed by atoms with van der Waals surface area (Å²) in [6.07, 6.45) is 1.20. The highest BCUT2D eigenvalue weighted by Gasteiger charge is 2.24. The number of nitrogens with one attached hydrogen (secondary N) is 2. The van der Waals surface area contributed by atoms with E-state index in [1.165, 1.54) is 6.42 Å². The predicted octanol–water partition coefficient (Wildman–Crippen LogP) is 1.31. The van der Waals surface area contributed by atoms with E-state index < -0.39 is 0 Å². The monoisotopic (exact) mass is 284 g/mol. The predicted molar refractivity (Wildman–Crippen MR) is 85.3 cm³/mol. The topological polar surface area (TPSA) is 48.9 Å². The van der Waals surface area contributed by atoms with Crippen molar-refractivity contribution in [3.8, 4) is 0 Å². The molecule has 0 radical (unpaired) electrons. The molecule has 1 rings (SSSR count). The second kappa shape index (κ2) is 8.47. The van der Waals surface area contributed by atoms with Crippen molar-refractivity contribution in [1.29, 1.82) is 0 Å². The number of ether oxygens (including phenoxy) is 1. The van der Waals surface area contributed by atoms with Gasteiger partial charge in [-0.15, -0.1) is 0 Å². The molecule has 2 N–H and O–H groups in total. The Kier molecular flexibility index (Phi) is 7.30. The molecule has 118 valence electrons. The van der Waals surface area contributed by atoms with Gasteiger partial charge in [-0.1, -0.05) is 0 Å². The van der Waals surface area contributed by atoms with E-state index in [0.29, 0.717) is 5.92 Å². The zero-order valence-corrected chi connectivity index (χ0v) is 13.8. The average molecular weight is 284 g/mol. The second-order valence-electron chi connectivity index (χ2n) is 6.41. The molecule has 0 saturated carbocycles. The minimum absolute atomic E-state index is 0.168. The minimum atomic E-state index is 0.168. The molecule has 0 aromatic carbocycles. The van der Waals surface area contributed by atoms with Gasteiger partial charge in [0.15, 0.2) is 5.96 Å². The molecule has 5 nitrogen and oxygen atoms in total. The molecule has 0 bridgehead atoms. The first-order valence-corrected chi connectivity index (χ1v) is 7.74. The smallest absolute Gasteiger partial charge is 0.193 e. The molecule has 0 spiro atoms. The van der Waals surface area contributed by atoms with Crippen molar-refractivity contribution in [3.63, 3.8) is 0 Å². The number of rotatable bonds is 6. The molecule has 1 saturated heterocycles. The van der Waals surface area contributed by atoms with Gasteiger partial charge in [0.1, 0.15) is 0 Å². The lowest BCUT2D eigenvalue weighted by molar-refractivity contribution is 0.114. The van der Waals surface area contributed by atoms with Gasteiger partial charge in [-0.2, -0.15) is 0 Å². The van der Waals surface area contributed by atoms with Crippen molar-refractivity contribution in [2.75, 3.05) is 46.4 Å². The highest BCUT2D eigenvalue weighted by Crippen LogP contribution is 2.16. The van der Waals surface area contributed by atoms with Gasteiger partial charge in [0.25, 0.3) is 0 Å². The van der Waals surface area contributed by atoms with Crippen LogP contribution in [-0.2, 0) is 4.74 Å². The van der Waals surface area contributed by atoms with E-state index in [0.717, 1.165) is 45.4 Å². The fraction of sp³-hybridized carbons (Fsp3) is 0.933. The molecule has 1 aliphatic rings. The van der Waals surface area contributed by atoms with Crippen LogP contribution in [0, 0.1) is 5.92 Å². The second-order valence-corrected chi connectivity index (χ2v) is 6.41. The van der Waals surface area contributed by atoms with Crippen LogP contribution in [0.2, 0.25) is 0 Å². The number of hydrogen-bond donors (Lipinski definition) is 2. The molecule has 1 fully saturated rings. The Morgan fingerprint density at radius 2 is 2.10 bits per heavy atom. The Balaban J connectivity index is 2.26. The molecule has 0 aliphatic carbocycles. The first kappa shape index (κ1) is 17.2. The molecule has 1 atom stereocenters. The lowest BCUT2D eigenvalue weighted by Crippen LogP contribution is -2.45. The van der Waals surface area contributed by atoms with E-state index in [1.807, 2.05) is 7.05 Å². The third kappa shape index (κ3) is 6.57. The molecule has 1 aliphatic heterocycles. The van der Waals surface area contributed by atoms with Crippen molar-refractivity contribution < 1.29 is 4.74 Å². The fourth-order valence-corrected chi connectivity index (χ4v) is 2.39. The van der Waals surface area contributed by atoms with E-state index >= 15 is 0 Å². The van der Waals surface area contributed by atoms with E-state index in [1.54, 1.807) is 0 Å². The number of likely N-dealkylation sites (tertiary alicyclic amines) is 1. The Bertz CT molecular complexity index is 299. The maximum absolute atomic E-state index is 5.52. The Morgan fingerprint density at radius 3 is 2.70 bits per heavy atom. The third-order valence-corrected chi connectivity index (χ3v) is 3.42. The molecule has 1 unspecified atom stereocenters. The van der Waals surface area contributed by atoms with Crippen LogP contribution >= 0.6 is 0 Å². The van der Waals surface area contributed by atoms with Crippen LogP contribution in [0.4, 0.5) is 0 Å². The van der Waals surface area contributed by atoms with E-state index in [4.69, 9.17) is 4.74 Å². The molecule has 0 aromatic heterocycles. The minimum Gasteiger partial charge on any atom is -0.381 e. The Labute approximate surface area is 124 Å². The Morgan fingerprint density at radius 1 is 1.35 bits per heavy atom. The van der Waals surface area contributed by atoms with Gasteiger partial charge in [0, 0.05) is 51.3 Å². The Hall–Kier alpha value is -0.810. The van der Waals surface area contributed by atoms with Crippen molar-refractivity contribution in [2.45, 2.75) is 39.7 Å². The van der Waals surface area contributed by atoms with Crippen molar-refractivity contribution in [2.24, 2.45) is 10.9 Å². The summed E-state index contributed by atoms with van der Waals surface area (Å²) >= 11 is 0. The van der Waals surface area contributed by atoms with Gasteiger partial charge in [0.05, 0.1) is 6.61 Å². The zero-order chi connectivity index (χ0) is 15.0. The highest BCUT2D eigenvalue weighted by atomic mass is 16.5. The van der Waals surface area contributed by atoms with Gasteiger partial charge < -0.3 is 20.3 Å². The summed E-state index contributed by atoms with van der Waals surface area (Å²) in [6.45, 7) is 14.2. The largest absolute Gasteiger partial charge is 0.381 e. The van der Waals surface area contributed by atoms with E-state index in [-0.39, 0.29) is 5.54 Å². The lowest BCUT2D eigenvalue weighted by Gasteiger charge is -2.24. The molecular formula is C15H32N4O. The summed E-state index contributed by atoms with van der Waals surface area (Å²) < 4.78 is 5.52. The SMILES string of the molecule is CCOCC1CCN(C(=NC)NCCNC(C)(C)C)C1. The first-order valence-electron chi connectivity index (χ1n) is 7.74. The number of hydrogen-bond acceptors (Lipinski definition) is 3. The van der Waals surface area contributed by atoms with Crippen LogP contribution in [0.1, 0.15) is 34.1 Å². The molecule has 20 heavy (non-hydrogen) atoms. The normalized spacial score (nSPS) is 20.6. The number of aliphatic imine (C=N–C) groups is 1. The lowest BCUT2D eigenvalue weighted by atomic mass is 10.1. The number of nitrogens with zero attached hydrogens (tertiary/aromatic N) is 2. The highest BCUT2D eigenvalue weighted by molar-refractivity contribution is 5.80. The van der Waals surface area contributed by atoms with Crippen LogP contribution in [0.5, 0.6) is 0 Å². The maximum atomic E-state index is 5.52. The van der Waals surface area contributed by atoms with Crippen molar-refractivity contribution >= 4 is 5.96 Å². The quantitative estimate of drug-likeness (QED) is 0.439.